The topological polar surface area (TPSA) is 111 Å². The number of allylic oxidation sites excluding steroid dienone is 1. The van der Waals surface area contributed by atoms with Crippen molar-refractivity contribution in [1.82, 2.24) is 5.32 Å². The Morgan fingerprint density at radius 2 is 1.61 bits per heavy atom. The van der Waals surface area contributed by atoms with Crippen molar-refractivity contribution < 1.29 is 33.4 Å². The average molecular weight is 644 g/mol. The highest BCUT2D eigenvalue weighted by atomic mass is 28.4. The third-order valence-electron chi connectivity index (χ3n) is 9.17. The lowest BCUT2D eigenvalue weighted by atomic mass is 9.88. The molecule has 3 aromatic carbocycles. The second kappa shape index (κ2) is 14.4. The van der Waals surface area contributed by atoms with Gasteiger partial charge in [-0.1, -0.05) is 81.4 Å². The molecule has 244 valence electrons. The number of carboxylic acids is 1. The molecule has 1 aliphatic rings. The second-order valence-electron chi connectivity index (χ2n) is 13.2. The van der Waals surface area contributed by atoms with Gasteiger partial charge in [0.25, 0.3) is 0 Å². The lowest BCUT2D eigenvalue weighted by Gasteiger charge is -2.37. The number of amides is 1. The fourth-order valence-electron chi connectivity index (χ4n) is 5.54. The van der Waals surface area contributed by atoms with Crippen molar-refractivity contribution in [1.29, 1.82) is 0 Å². The molecule has 2 atom stereocenters. The van der Waals surface area contributed by atoms with E-state index >= 15 is 0 Å². The summed E-state index contributed by atoms with van der Waals surface area (Å²) in [6, 6.07) is 20.1. The predicted molar refractivity (Wildman–Crippen MR) is 182 cm³/mol. The molecule has 2 N–H and O–H groups in total. The number of ether oxygens (including phenoxy) is 2. The SMILES string of the molecule is C=CCC(C(=O)CCC(NC(=O)OCC1c2ccccc2-c2ccccc21)C(=O)O)c1ccc(OC)cc1O[Si](C)(C)C(C)(C)C. The minimum Gasteiger partial charge on any atom is -0.543 e. The quantitative estimate of drug-likeness (QED) is 0.135. The van der Waals surface area contributed by atoms with Crippen LogP contribution in [0.2, 0.25) is 18.1 Å². The number of hydrogen-bond donors (Lipinski definition) is 2. The van der Waals surface area contributed by atoms with E-state index in [4.69, 9.17) is 13.9 Å². The first-order chi connectivity index (χ1) is 21.8. The number of benzene rings is 3. The number of hydrogen-bond acceptors (Lipinski definition) is 6. The third-order valence-corrected chi connectivity index (χ3v) is 13.5. The highest BCUT2D eigenvalue weighted by molar-refractivity contribution is 6.74. The molecule has 46 heavy (non-hydrogen) atoms. The number of fused-ring (bicyclic) bond motifs is 3. The van der Waals surface area contributed by atoms with Crippen molar-refractivity contribution in [2.24, 2.45) is 0 Å². The van der Waals surface area contributed by atoms with Crippen LogP contribution in [-0.2, 0) is 14.3 Å². The van der Waals surface area contributed by atoms with E-state index in [1.54, 1.807) is 25.3 Å². The Bertz CT molecular complexity index is 1550. The molecule has 0 bridgehead atoms. The van der Waals surface area contributed by atoms with Crippen LogP contribution in [0, 0.1) is 0 Å². The van der Waals surface area contributed by atoms with E-state index in [0.717, 1.165) is 22.3 Å². The van der Waals surface area contributed by atoms with Gasteiger partial charge in [0, 0.05) is 29.9 Å². The molecule has 0 spiro atoms. The fraction of sp³-hybridized carbons (Fsp3) is 0.378. The van der Waals surface area contributed by atoms with E-state index in [2.05, 4.69) is 45.8 Å². The van der Waals surface area contributed by atoms with Crippen LogP contribution in [0.5, 0.6) is 11.5 Å². The van der Waals surface area contributed by atoms with Gasteiger partial charge in [-0.25, -0.2) is 9.59 Å². The average Bonchev–Trinajstić information content (AvgIpc) is 3.33. The van der Waals surface area contributed by atoms with Gasteiger partial charge >= 0.3 is 12.1 Å². The fourth-order valence-corrected chi connectivity index (χ4v) is 6.58. The highest BCUT2D eigenvalue weighted by Crippen LogP contribution is 2.45. The molecule has 0 aromatic heterocycles. The molecule has 4 rings (SSSR count). The molecule has 8 nitrogen and oxygen atoms in total. The normalized spacial score (nSPS) is 14.0. The molecule has 3 aromatic rings. The molecule has 0 saturated carbocycles. The molecule has 0 heterocycles. The van der Waals surface area contributed by atoms with Gasteiger partial charge in [-0.05, 0) is 59.3 Å². The third kappa shape index (κ3) is 7.70. The predicted octanol–water partition coefficient (Wildman–Crippen LogP) is 8.08. The van der Waals surface area contributed by atoms with Gasteiger partial charge in [-0.15, -0.1) is 6.58 Å². The molecule has 1 amide bonds. The number of ketones is 1. The maximum atomic E-state index is 13.7. The Hall–Kier alpha value is -4.37. The number of aliphatic carboxylic acids is 1. The van der Waals surface area contributed by atoms with Gasteiger partial charge in [0.2, 0.25) is 8.32 Å². The number of carbonyl (C=O) groups is 3. The molecule has 0 radical (unpaired) electrons. The number of carboxylic acid groups (broad SMARTS) is 1. The largest absolute Gasteiger partial charge is 0.543 e. The van der Waals surface area contributed by atoms with Crippen LogP contribution in [0.25, 0.3) is 11.1 Å². The van der Waals surface area contributed by atoms with E-state index in [0.29, 0.717) is 23.5 Å². The van der Waals surface area contributed by atoms with Crippen molar-refractivity contribution in [3.63, 3.8) is 0 Å². The summed E-state index contributed by atoms with van der Waals surface area (Å²) in [5.41, 5.74) is 5.00. The van der Waals surface area contributed by atoms with E-state index in [9.17, 15) is 19.5 Å². The summed E-state index contributed by atoms with van der Waals surface area (Å²) in [5, 5.41) is 12.3. The summed E-state index contributed by atoms with van der Waals surface area (Å²) in [7, 11) is -0.698. The molecule has 1 aliphatic carbocycles. The van der Waals surface area contributed by atoms with Crippen LogP contribution < -0.4 is 14.5 Å². The number of carbonyl (C=O) groups excluding carboxylic acids is 2. The molecule has 0 fully saturated rings. The summed E-state index contributed by atoms with van der Waals surface area (Å²) in [5.74, 6) is -0.987. The van der Waals surface area contributed by atoms with Crippen molar-refractivity contribution in [3.8, 4) is 22.6 Å². The number of nitrogens with one attached hydrogen (secondary N) is 1. The summed E-state index contributed by atoms with van der Waals surface area (Å²) in [6.45, 7) is 14.6. The zero-order valence-electron chi connectivity index (χ0n) is 27.6. The minimum absolute atomic E-state index is 0.0566. The number of methoxy groups -OCH3 is 1. The molecular formula is C37H45NO7Si. The lowest BCUT2D eigenvalue weighted by Crippen LogP contribution is -2.44. The Morgan fingerprint density at radius 3 is 2.15 bits per heavy atom. The minimum atomic E-state index is -2.27. The van der Waals surface area contributed by atoms with Crippen LogP contribution in [0.3, 0.4) is 0 Å². The standard InChI is InChI=1S/C37H45NO7Si/c1-8-13-29(30-19-18-24(43-5)22-34(30)45-46(6,7)37(2,3)4)33(39)21-20-32(35(40)41)38-36(42)44-23-31-27-16-11-9-14-25(27)26-15-10-12-17-28(26)31/h8-12,14-19,22,29,31-32H,1,13,20-21,23H2,2-7H3,(H,38,42)(H,40,41). The van der Waals surface area contributed by atoms with Crippen molar-refractivity contribution in [2.45, 2.75) is 76.0 Å². The summed E-state index contributed by atoms with van der Waals surface area (Å²) in [6.07, 6.45) is 0.999. The van der Waals surface area contributed by atoms with E-state index in [-0.39, 0.29) is 36.2 Å². The maximum absolute atomic E-state index is 13.7. The summed E-state index contributed by atoms with van der Waals surface area (Å²) in [4.78, 5) is 38.7. The second-order valence-corrected chi connectivity index (χ2v) is 17.9. The number of alkyl carbamates (subject to hydrolysis) is 1. The molecular weight excluding hydrogens is 598 g/mol. The molecule has 2 unspecified atom stereocenters. The smallest absolute Gasteiger partial charge is 0.407 e. The van der Waals surface area contributed by atoms with Crippen LogP contribution in [0.4, 0.5) is 4.79 Å². The van der Waals surface area contributed by atoms with Gasteiger partial charge in [-0.2, -0.15) is 0 Å². The monoisotopic (exact) mass is 643 g/mol. The Kier molecular flexibility index (Phi) is 10.8. The van der Waals surface area contributed by atoms with Crippen LogP contribution in [-0.4, -0.2) is 51.0 Å². The first-order valence-corrected chi connectivity index (χ1v) is 18.5. The first kappa shape index (κ1) is 34.5. The van der Waals surface area contributed by atoms with E-state index in [1.165, 1.54) is 0 Å². The van der Waals surface area contributed by atoms with Crippen LogP contribution >= 0.6 is 0 Å². The molecule has 0 saturated heterocycles. The van der Waals surface area contributed by atoms with E-state index in [1.807, 2.05) is 54.6 Å². The molecule has 0 aliphatic heterocycles. The van der Waals surface area contributed by atoms with Crippen molar-refractivity contribution in [3.05, 3.63) is 96.1 Å². The summed E-state index contributed by atoms with van der Waals surface area (Å²) < 4.78 is 17.7. The maximum Gasteiger partial charge on any atom is 0.407 e. The lowest BCUT2D eigenvalue weighted by molar-refractivity contribution is -0.139. The van der Waals surface area contributed by atoms with Crippen LogP contribution in [0.15, 0.2) is 79.4 Å². The van der Waals surface area contributed by atoms with E-state index < -0.39 is 32.3 Å². The van der Waals surface area contributed by atoms with Gasteiger partial charge in [-0.3, -0.25) is 4.79 Å². The Labute approximate surface area is 272 Å². The molecule has 9 heteroatoms. The zero-order valence-corrected chi connectivity index (χ0v) is 28.6. The highest BCUT2D eigenvalue weighted by Gasteiger charge is 2.40. The van der Waals surface area contributed by atoms with Gasteiger partial charge in [0.15, 0.2) is 0 Å². The van der Waals surface area contributed by atoms with Gasteiger partial charge in [0.05, 0.1) is 7.11 Å². The summed E-state index contributed by atoms with van der Waals surface area (Å²) >= 11 is 0. The van der Waals surface area contributed by atoms with Gasteiger partial charge < -0.3 is 24.3 Å². The Balaban J connectivity index is 1.44. The van der Waals surface area contributed by atoms with Crippen LogP contribution in [0.1, 0.15) is 68.6 Å². The Morgan fingerprint density at radius 1 is 1.00 bits per heavy atom. The van der Waals surface area contributed by atoms with Gasteiger partial charge in [0.1, 0.15) is 29.9 Å². The number of rotatable bonds is 14. The zero-order chi connectivity index (χ0) is 33.6. The first-order valence-electron chi connectivity index (χ1n) is 15.6. The van der Waals surface area contributed by atoms with Crippen molar-refractivity contribution in [2.75, 3.05) is 13.7 Å². The van der Waals surface area contributed by atoms with Crippen molar-refractivity contribution >= 4 is 26.2 Å². The number of Topliss-reactive ketones (excluding diaryl/α,β-unsaturated/α-hetero) is 1.